The van der Waals surface area contributed by atoms with Crippen LogP contribution in [0.15, 0.2) is 25.8 Å². The molecular weight excluding hydrogens is 320 g/mol. The summed E-state index contributed by atoms with van der Waals surface area (Å²) in [5, 5.41) is 8.50. The van der Waals surface area contributed by atoms with Gasteiger partial charge in [-0.15, -0.1) is 15.7 Å². The maximum Gasteiger partial charge on any atom is 0.295 e. The number of sulfonamides is 1. The average Bonchev–Trinajstić information content (AvgIpc) is 3.04. The van der Waals surface area contributed by atoms with Gasteiger partial charge in [-0.25, -0.2) is 5.01 Å². The summed E-state index contributed by atoms with van der Waals surface area (Å²) >= 11 is 6.74. The molecule has 1 aromatic rings. The van der Waals surface area contributed by atoms with Crippen LogP contribution in [0.5, 0.6) is 0 Å². The first-order valence-corrected chi connectivity index (χ1v) is 8.69. The van der Waals surface area contributed by atoms with Crippen LogP contribution in [-0.4, -0.2) is 39.2 Å². The lowest BCUT2D eigenvalue weighted by atomic mass is 10.1. The van der Waals surface area contributed by atoms with Crippen LogP contribution in [0.3, 0.4) is 0 Å². The van der Waals surface area contributed by atoms with Gasteiger partial charge < -0.3 is 5.32 Å². The first-order valence-electron chi connectivity index (χ1n) is 6.06. The molecule has 0 fully saturated rings. The molecule has 0 aliphatic carbocycles. The van der Waals surface area contributed by atoms with E-state index in [1.807, 2.05) is 6.21 Å². The number of thiophene rings is 1. The van der Waals surface area contributed by atoms with E-state index < -0.39 is 10.0 Å². The van der Waals surface area contributed by atoms with Crippen molar-refractivity contribution in [2.75, 3.05) is 13.6 Å². The smallest absolute Gasteiger partial charge is 0.295 e. The van der Waals surface area contributed by atoms with Crippen molar-refractivity contribution in [3.8, 4) is 0 Å². The lowest BCUT2D eigenvalue weighted by molar-refractivity contribution is 0.428. The largest absolute Gasteiger partial charge is 0.357 e. The van der Waals surface area contributed by atoms with Crippen molar-refractivity contribution in [3.63, 3.8) is 0 Å². The minimum Gasteiger partial charge on any atom is -0.357 e. The molecule has 6 nitrogen and oxygen atoms in total. The van der Waals surface area contributed by atoms with Gasteiger partial charge in [-0.05, 0) is 18.6 Å². The van der Waals surface area contributed by atoms with E-state index in [2.05, 4.69) is 21.7 Å². The summed E-state index contributed by atoms with van der Waals surface area (Å²) in [6, 6.07) is 2.98. The predicted molar refractivity (Wildman–Crippen MR) is 82.0 cm³/mol. The molecule has 20 heavy (non-hydrogen) atoms. The van der Waals surface area contributed by atoms with Gasteiger partial charge in [-0.2, -0.15) is 13.5 Å². The Labute approximate surface area is 127 Å². The van der Waals surface area contributed by atoms with Gasteiger partial charge in [-0.1, -0.05) is 18.5 Å². The Balaban J connectivity index is 2.25. The Morgan fingerprint density at radius 1 is 1.65 bits per heavy atom. The number of hydrogen-bond acceptors (Lipinski definition) is 4. The zero-order valence-corrected chi connectivity index (χ0v) is 13.5. The lowest BCUT2D eigenvalue weighted by Crippen LogP contribution is -2.36. The summed E-state index contributed by atoms with van der Waals surface area (Å²) in [5.74, 6) is 0.522. The summed E-state index contributed by atoms with van der Waals surface area (Å²) in [5.41, 5.74) is 0. The molecule has 110 valence electrons. The van der Waals surface area contributed by atoms with Crippen molar-refractivity contribution < 1.29 is 8.42 Å². The predicted octanol–water partition coefficient (Wildman–Crippen LogP) is 1.99. The van der Waals surface area contributed by atoms with E-state index in [0.717, 1.165) is 17.8 Å². The number of halogens is 1. The van der Waals surface area contributed by atoms with Crippen LogP contribution < -0.4 is 5.32 Å². The summed E-state index contributed by atoms with van der Waals surface area (Å²) in [7, 11) is -2.15. The lowest BCUT2D eigenvalue weighted by Gasteiger charge is -2.16. The summed E-state index contributed by atoms with van der Waals surface area (Å²) in [4.78, 5) is 0. The van der Waals surface area contributed by atoms with Gasteiger partial charge in [0.05, 0.1) is 10.9 Å². The van der Waals surface area contributed by atoms with Crippen LogP contribution in [0.1, 0.15) is 13.3 Å². The second kappa shape index (κ2) is 6.11. The van der Waals surface area contributed by atoms with E-state index in [-0.39, 0.29) is 10.2 Å². The number of guanidine groups is 1. The molecule has 0 amide bonds. The first-order chi connectivity index (χ1) is 9.46. The van der Waals surface area contributed by atoms with Gasteiger partial charge in [0.15, 0.2) is 0 Å². The molecule has 1 unspecified atom stereocenters. The van der Waals surface area contributed by atoms with Crippen molar-refractivity contribution in [3.05, 3.63) is 16.5 Å². The third-order valence-corrected chi connectivity index (χ3v) is 5.79. The Bertz CT molecular complexity index is 639. The van der Waals surface area contributed by atoms with Gasteiger partial charge in [0.25, 0.3) is 10.0 Å². The van der Waals surface area contributed by atoms with E-state index in [0.29, 0.717) is 16.8 Å². The molecule has 2 heterocycles. The minimum absolute atomic E-state index is 0.116. The molecule has 9 heteroatoms. The summed E-state index contributed by atoms with van der Waals surface area (Å²) in [6.45, 7) is 2.68. The average molecular weight is 335 g/mol. The van der Waals surface area contributed by atoms with Crippen LogP contribution in [-0.2, 0) is 10.0 Å². The number of nitrogens with one attached hydrogen (secondary N) is 1. The highest BCUT2D eigenvalue weighted by Crippen LogP contribution is 2.27. The van der Waals surface area contributed by atoms with Crippen molar-refractivity contribution in [1.29, 1.82) is 0 Å². The van der Waals surface area contributed by atoms with Crippen LogP contribution in [0, 0.1) is 5.92 Å². The molecule has 1 aromatic heterocycles. The fourth-order valence-corrected chi connectivity index (χ4v) is 4.14. The number of hydrogen-bond donors (Lipinski definition) is 1. The molecule has 0 radical (unpaired) electrons. The molecule has 1 aliphatic rings. The highest BCUT2D eigenvalue weighted by Gasteiger charge is 2.23. The minimum atomic E-state index is -3.77. The second-order valence-electron chi connectivity index (χ2n) is 4.21. The summed E-state index contributed by atoms with van der Waals surface area (Å²) in [6.07, 6.45) is 2.76. The standard InChI is InChI=1S/C11H15ClN4O2S2/c1-3-8-6-14-16(7-8)11(13-2)15-20(17,18)10-5-4-9(12)19-10/h4-6,8H,3,7H2,1-2H3,(H,13,15). The molecule has 0 saturated carbocycles. The molecule has 1 aliphatic heterocycles. The number of hydrazone groups is 1. The van der Waals surface area contributed by atoms with Crippen molar-refractivity contribution >= 4 is 45.1 Å². The van der Waals surface area contributed by atoms with Gasteiger partial charge in [0.1, 0.15) is 4.21 Å². The molecule has 2 rings (SSSR count). The van der Waals surface area contributed by atoms with E-state index in [1.54, 1.807) is 12.1 Å². The van der Waals surface area contributed by atoms with Crippen LogP contribution >= 0.6 is 22.9 Å². The topological polar surface area (TPSA) is 74.1 Å². The van der Waals surface area contributed by atoms with Gasteiger partial charge in [0.2, 0.25) is 5.96 Å². The van der Waals surface area contributed by atoms with Crippen molar-refractivity contribution in [2.24, 2.45) is 15.4 Å². The Kier molecular flexibility index (Phi) is 4.66. The second-order valence-corrected chi connectivity index (χ2v) is 7.76. The highest BCUT2D eigenvalue weighted by atomic mass is 35.5. The third-order valence-electron chi connectivity index (χ3n) is 2.83. The Morgan fingerprint density at radius 3 is 2.90 bits per heavy atom. The van der Waals surface area contributed by atoms with Crippen LogP contribution in [0.2, 0.25) is 4.34 Å². The first kappa shape index (κ1) is 15.3. The fraction of sp³-hybridized carbons (Fsp3) is 0.455. The SMILES string of the molecule is CCC1C=NN(/C(=N/S(=O)(=O)c2ccc(Cl)s2)NC)C1. The Morgan fingerprint density at radius 2 is 2.40 bits per heavy atom. The van der Waals surface area contributed by atoms with Crippen LogP contribution in [0.4, 0.5) is 0 Å². The van der Waals surface area contributed by atoms with Gasteiger partial charge >= 0.3 is 0 Å². The molecular formula is C11H15ClN4O2S2. The molecule has 0 bridgehead atoms. The van der Waals surface area contributed by atoms with Crippen molar-refractivity contribution in [2.45, 2.75) is 17.6 Å². The molecule has 0 aromatic carbocycles. The quantitative estimate of drug-likeness (QED) is 0.677. The molecule has 0 spiro atoms. The van der Waals surface area contributed by atoms with E-state index in [9.17, 15) is 8.42 Å². The third kappa shape index (κ3) is 3.31. The summed E-state index contributed by atoms with van der Waals surface area (Å²) < 4.78 is 28.7. The van der Waals surface area contributed by atoms with Gasteiger partial charge in [0, 0.05) is 19.2 Å². The maximum atomic E-state index is 12.2. The molecule has 1 atom stereocenters. The molecule has 1 N–H and O–H groups in total. The molecule has 0 saturated heterocycles. The number of nitrogens with zero attached hydrogens (tertiary/aromatic N) is 3. The van der Waals surface area contributed by atoms with E-state index >= 15 is 0 Å². The van der Waals surface area contributed by atoms with E-state index in [4.69, 9.17) is 11.6 Å². The zero-order chi connectivity index (χ0) is 14.8. The Hall–Kier alpha value is -1.12. The number of rotatable bonds is 3. The van der Waals surface area contributed by atoms with Crippen molar-refractivity contribution in [1.82, 2.24) is 10.3 Å². The van der Waals surface area contributed by atoms with Crippen LogP contribution in [0.25, 0.3) is 0 Å². The van der Waals surface area contributed by atoms with E-state index in [1.165, 1.54) is 12.1 Å². The maximum absolute atomic E-state index is 12.2. The monoisotopic (exact) mass is 334 g/mol. The van der Waals surface area contributed by atoms with Gasteiger partial charge in [-0.3, -0.25) is 0 Å². The fourth-order valence-electron chi connectivity index (χ4n) is 1.68. The highest BCUT2D eigenvalue weighted by molar-refractivity contribution is 7.92. The normalized spacial score (nSPS) is 19.6. The zero-order valence-electron chi connectivity index (χ0n) is 11.1.